The zero-order valence-corrected chi connectivity index (χ0v) is 14.4. The summed E-state index contributed by atoms with van der Waals surface area (Å²) in [5, 5.41) is 3.50. The average Bonchev–Trinajstić information content (AvgIpc) is 2.80. The molecule has 0 unspecified atom stereocenters. The van der Waals surface area contributed by atoms with Crippen LogP contribution < -0.4 is 5.32 Å². The van der Waals surface area contributed by atoms with E-state index in [1.807, 2.05) is 10.6 Å². The standard InChI is InChI=1S/C13H8Br2ClFN4/c14-9-1-7(17)2-10(16)13(9)20-4-8-3-19-12-5-18-11(15)6-21(8)12/h1-3,5-6,20H,4H2. The molecule has 0 amide bonds. The van der Waals surface area contributed by atoms with Crippen molar-refractivity contribution < 1.29 is 4.39 Å². The van der Waals surface area contributed by atoms with Crippen molar-refractivity contribution in [1.29, 1.82) is 0 Å². The number of aromatic nitrogens is 3. The zero-order valence-electron chi connectivity index (χ0n) is 10.4. The van der Waals surface area contributed by atoms with E-state index in [1.165, 1.54) is 12.1 Å². The maximum atomic E-state index is 13.2. The van der Waals surface area contributed by atoms with Crippen LogP contribution >= 0.6 is 43.5 Å². The van der Waals surface area contributed by atoms with E-state index >= 15 is 0 Å². The quantitative estimate of drug-likeness (QED) is 0.652. The monoisotopic (exact) mass is 432 g/mol. The van der Waals surface area contributed by atoms with E-state index < -0.39 is 0 Å². The summed E-state index contributed by atoms with van der Waals surface area (Å²) in [6, 6.07) is 2.63. The van der Waals surface area contributed by atoms with Crippen LogP contribution in [0.25, 0.3) is 5.65 Å². The van der Waals surface area contributed by atoms with Crippen LogP contribution in [0.4, 0.5) is 10.1 Å². The van der Waals surface area contributed by atoms with Crippen LogP contribution in [0.5, 0.6) is 0 Å². The fourth-order valence-electron chi connectivity index (χ4n) is 1.94. The topological polar surface area (TPSA) is 42.2 Å². The Morgan fingerprint density at radius 2 is 2.05 bits per heavy atom. The molecule has 3 aromatic rings. The predicted molar refractivity (Wildman–Crippen MR) is 87.1 cm³/mol. The lowest BCUT2D eigenvalue weighted by Crippen LogP contribution is -2.04. The summed E-state index contributed by atoms with van der Waals surface area (Å²) in [5.41, 5.74) is 2.32. The van der Waals surface area contributed by atoms with E-state index in [1.54, 1.807) is 12.4 Å². The van der Waals surface area contributed by atoms with E-state index in [0.717, 1.165) is 15.9 Å². The van der Waals surface area contributed by atoms with E-state index in [0.29, 0.717) is 21.7 Å². The highest BCUT2D eigenvalue weighted by Gasteiger charge is 2.10. The first-order valence-corrected chi connectivity index (χ1v) is 7.87. The van der Waals surface area contributed by atoms with Gasteiger partial charge in [0.1, 0.15) is 10.4 Å². The molecular weight excluding hydrogens is 426 g/mol. The summed E-state index contributed by atoms with van der Waals surface area (Å²) >= 11 is 12.7. The number of nitrogens with zero attached hydrogens (tertiary/aromatic N) is 3. The minimum absolute atomic E-state index is 0.318. The molecule has 0 saturated heterocycles. The summed E-state index contributed by atoms with van der Waals surface area (Å²) in [6.07, 6.45) is 5.26. The molecule has 0 atom stereocenters. The summed E-state index contributed by atoms with van der Waals surface area (Å²) in [5.74, 6) is -0.387. The molecule has 0 aliphatic carbocycles. The number of rotatable bonds is 3. The van der Waals surface area contributed by atoms with Crippen molar-refractivity contribution in [3.05, 3.63) is 56.3 Å². The van der Waals surface area contributed by atoms with Gasteiger partial charge in [-0.15, -0.1) is 0 Å². The van der Waals surface area contributed by atoms with Crippen molar-refractivity contribution in [2.45, 2.75) is 6.54 Å². The number of halogens is 4. The second-order valence-corrected chi connectivity index (χ2v) is 6.36. The van der Waals surface area contributed by atoms with Crippen LogP contribution in [0.2, 0.25) is 5.02 Å². The zero-order chi connectivity index (χ0) is 15.0. The third-order valence-electron chi connectivity index (χ3n) is 2.89. The fourth-order valence-corrected chi connectivity index (χ4v) is 3.20. The number of fused-ring (bicyclic) bond motifs is 1. The minimum Gasteiger partial charge on any atom is -0.377 e. The third kappa shape index (κ3) is 3.04. The second-order valence-electron chi connectivity index (χ2n) is 4.29. The Hall–Kier alpha value is -1.18. The highest BCUT2D eigenvalue weighted by Crippen LogP contribution is 2.32. The molecule has 0 bridgehead atoms. The fraction of sp³-hybridized carbons (Fsp3) is 0.0769. The van der Waals surface area contributed by atoms with Gasteiger partial charge in [0.05, 0.1) is 35.3 Å². The Bertz CT molecular complexity index is 798. The van der Waals surface area contributed by atoms with E-state index in [-0.39, 0.29) is 5.82 Å². The molecule has 0 fully saturated rings. The number of nitrogens with one attached hydrogen (secondary N) is 1. The highest BCUT2D eigenvalue weighted by molar-refractivity contribution is 9.10. The Morgan fingerprint density at radius 3 is 2.81 bits per heavy atom. The van der Waals surface area contributed by atoms with Gasteiger partial charge in [0.15, 0.2) is 5.65 Å². The smallest absolute Gasteiger partial charge is 0.155 e. The lowest BCUT2D eigenvalue weighted by Gasteiger charge is -2.10. The second kappa shape index (κ2) is 5.90. The van der Waals surface area contributed by atoms with Crippen LogP contribution in [0.1, 0.15) is 5.69 Å². The van der Waals surface area contributed by atoms with Crippen LogP contribution in [0.3, 0.4) is 0 Å². The summed E-state index contributed by atoms with van der Waals surface area (Å²) in [7, 11) is 0. The molecule has 1 N–H and O–H groups in total. The van der Waals surface area contributed by atoms with Gasteiger partial charge in [-0.1, -0.05) is 11.6 Å². The SMILES string of the molecule is Fc1cc(Cl)c(NCc2cnc3cnc(Br)cn23)c(Br)c1. The first-order valence-electron chi connectivity index (χ1n) is 5.90. The summed E-state index contributed by atoms with van der Waals surface area (Å²) < 4.78 is 16.4. The first kappa shape index (κ1) is 14.7. The molecule has 0 spiro atoms. The first-order chi connectivity index (χ1) is 10.0. The van der Waals surface area contributed by atoms with Crippen molar-refractivity contribution in [2.24, 2.45) is 0 Å². The van der Waals surface area contributed by atoms with Gasteiger partial charge in [-0.3, -0.25) is 4.40 Å². The van der Waals surface area contributed by atoms with Crippen LogP contribution in [-0.2, 0) is 6.54 Å². The molecule has 2 heterocycles. The number of hydrogen-bond acceptors (Lipinski definition) is 3. The van der Waals surface area contributed by atoms with Crippen molar-refractivity contribution in [3.8, 4) is 0 Å². The third-order valence-corrected chi connectivity index (χ3v) is 4.23. The normalized spacial score (nSPS) is 11.0. The van der Waals surface area contributed by atoms with Gasteiger partial charge in [-0.25, -0.2) is 14.4 Å². The van der Waals surface area contributed by atoms with Gasteiger partial charge in [0, 0.05) is 10.7 Å². The molecule has 1 aromatic carbocycles. The van der Waals surface area contributed by atoms with Crippen molar-refractivity contribution in [3.63, 3.8) is 0 Å². The van der Waals surface area contributed by atoms with E-state index in [9.17, 15) is 4.39 Å². The number of hydrogen-bond donors (Lipinski definition) is 1. The lowest BCUT2D eigenvalue weighted by molar-refractivity contribution is 0.627. The van der Waals surface area contributed by atoms with E-state index in [4.69, 9.17) is 11.6 Å². The summed E-state index contributed by atoms with van der Waals surface area (Å²) in [6.45, 7) is 0.488. The molecule has 3 rings (SSSR count). The lowest BCUT2D eigenvalue weighted by atomic mass is 10.3. The van der Waals surface area contributed by atoms with E-state index in [2.05, 4.69) is 47.1 Å². The van der Waals surface area contributed by atoms with Crippen LogP contribution in [-0.4, -0.2) is 14.4 Å². The van der Waals surface area contributed by atoms with Crippen molar-refractivity contribution in [1.82, 2.24) is 14.4 Å². The molecule has 0 aliphatic rings. The Kier molecular flexibility index (Phi) is 4.14. The molecule has 2 aromatic heterocycles. The number of benzene rings is 1. The van der Waals surface area contributed by atoms with Gasteiger partial charge in [-0.2, -0.15) is 0 Å². The number of anilines is 1. The van der Waals surface area contributed by atoms with Gasteiger partial charge < -0.3 is 5.32 Å². The van der Waals surface area contributed by atoms with Crippen LogP contribution in [0, 0.1) is 5.82 Å². The maximum absolute atomic E-state index is 13.2. The Balaban J connectivity index is 1.89. The van der Waals surface area contributed by atoms with Gasteiger partial charge in [0.2, 0.25) is 0 Å². The molecule has 0 aliphatic heterocycles. The maximum Gasteiger partial charge on any atom is 0.155 e. The minimum atomic E-state index is -0.387. The molecular formula is C13H8Br2ClFN4. The van der Waals surface area contributed by atoms with Crippen molar-refractivity contribution >= 4 is 54.8 Å². The Labute approximate surface area is 141 Å². The largest absolute Gasteiger partial charge is 0.377 e. The Morgan fingerprint density at radius 1 is 1.24 bits per heavy atom. The molecule has 4 nitrogen and oxygen atoms in total. The summed E-state index contributed by atoms with van der Waals surface area (Å²) in [4.78, 5) is 8.39. The number of imidazole rings is 1. The highest BCUT2D eigenvalue weighted by atomic mass is 79.9. The molecule has 0 saturated carbocycles. The molecule has 0 radical (unpaired) electrons. The molecule has 21 heavy (non-hydrogen) atoms. The molecule has 108 valence electrons. The average molecular weight is 434 g/mol. The van der Waals surface area contributed by atoms with Crippen molar-refractivity contribution in [2.75, 3.05) is 5.32 Å². The van der Waals surface area contributed by atoms with Gasteiger partial charge >= 0.3 is 0 Å². The molecule has 8 heteroatoms. The van der Waals surface area contributed by atoms with Gasteiger partial charge in [-0.05, 0) is 44.0 Å². The van der Waals surface area contributed by atoms with Gasteiger partial charge in [0.25, 0.3) is 0 Å². The predicted octanol–water partition coefficient (Wildman–Crippen LogP) is 4.66. The van der Waals surface area contributed by atoms with Crippen LogP contribution in [0.15, 0.2) is 39.8 Å².